The Morgan fingerprint density at radius 2 is 0.647 bits per heavy atom. The molecule has 0 fully saturated rings. The van der Waals surface area contributed by atoms with Gasteiger partial charge in [0.2, 0.25) is 0 Å². The molecule has 0 aromatic rings. The second kappa shape index (κ2) is 44.6. The number of unbranched alkanes of at least 4 members (excludes halogenated alkanes) is 33. The average molecular weight is 717 g/mol. The van der Waals surface area contributed by atoms with Crippen LogP contribution in [0.2, 0.25) is 0 Å². The number of allylic oxidation sites excluding steroid dienone is 4. The van der Waals surface area contributed by atoms with Crippen molar-refractivity contribution in [2.75, 3.05) is 6.61 Å². The molecule has 0 saturated heterocycles. The molecule has 0 bridgehead atoms. The van der Waals surface area contributed by atoms with Crippen molar-refractivity contribution < 1.29 is 19.4 Å². The third-order valence-electron chi connectivity index (χ3n) is 10.3. The summed E-state index contributed by atoms with van der Waals surface area (Å²) in [5, 5.41) is 8.65. The third kappa shape index (κ3) is 46.4. The van der Waals surface area contributed by atoms with Gasteiger partial charge in [-0.15, -0.1) is 0 Å². The van der Waals surface area contributed by atoms with E-state index >= 15 is 0 Å². The number of carboxylic acids is 1. The van der Waals surface area contributed by atoms with Gasteiger partial charge in [-0.2, -0.15) is 0 Å². The Balaban J connectivity index is 3.21. The van der Waals surface area contributed by atoms with Crippen molar-refractivity contribution in [3.8, 4) is 0 Å². The fourth-order valence-corrected chi connectivity index (χ4v) is 6.92. The molecule has 0 amide bonds. The highest BCUT2D eigenvalue weighted by Crippen LogP contribution is 2.16. The molecule has 0 aliphatic rings. The van der Waals surface area contributed by atoms with E-state index < -0.39 is 5.97 Å². The summed E-state index contributed by atoms with van der Waals surface area (Å²) in [6.45, 7) is 2.88. The molecule has 0 radical (unpaired) electrons. The summed E-state index contributed by atoms with van der Waals surface area (Å²) in [5.41, 5.74) is 0. The Kier molecular flexibility index (Phi) is 43.2. The van der Waals surface area contributed by atoms with Crippen molar-refractivity contribution in [1.29, 1.82) is 0 Å². The molecule has 0 atom stereocenters. The van der Waals surface area contributed by atoms with Crippen molar-refractivity contribution in [3.05, 3.63) is 24.3 Å². The highest BCUT2D eigenvalue weighted by atomic mass is 16.5. The molecule has 0 aromatic carbocycles. The summed E-state index contributed by atoms with van der Waals surface area (Å²) in [7, 11) is 0. The molecule has 51 heavy (non-hydrogen) atoms. The summed E-state index contributed by atoms with van der Waals surface area (Å²) in [6, 6.07) is 0. The average Bonchev–Trinajstić information content (AvgIpc) is 3.12. The third-order valence-corrected chi connectivity index (χ3v) is 10.3. The largest absolute Gasteiger partial charge is 0.481 e. The monoisotopic (exact) mass is 717 g/mol. The van der Waals surface area contributed by atoms with Gasteiger partial charge >= 0.3 is 11.9 Å². The van der Waals surface area contributed by atoms with Crippen LogP contribution < -0.4 is 0 Å². The molecule has 0 aliphatic carbocycles. The molecule has 300 valence electrons. The molecule has 0 unspecified atom stereocenters. The van der Waals surface area contributed by atoms with E-state index in [1.807, 2.05) is 0 Å². The van der Waals surface area contributed by atoms with E-state index in [1.54, 1.807) is 0 Å². The predicted molar refractivity (Wildman–Crippen MR) is 223 cm³/mol. The van der Waals surface area contributed by atoms with Crippen molar-refractivity contribution in [2.45, 2.75) is 257 Å². The lowest BCUT2D eigenvalue weighted by atomic mass is 10.0. The second-order valence-corrected chi connectivity index (χ2v) is 15.5. The SMILES string of the molecule is CCCCCCCC/C=C\CCCCCCCC(=O)OCCCCCCCC=CCCCCCCCCCCCCCCCCCCCC(=O)O. The van der Waals surface area contributed by atoms with Crippen LogP contribution in [0.15, 0.2) is 24.3 Å². The Labute approximate surface area is 318 Å². The summed E-state index contributed by atoms with van der Waals surface area (Å²) in [6.07, 6.45) is 58.0. The minimum Gasteiger partial charge on any atom is -0.481 e. The van der Waals surface area contributed by atoms with Crippen molar-refractivity contribution in [3.63, 3.8) is 0 Å². The molecular weight excluding hydrogens is 629 g/mol. The van der Waals surface area contributed by atoms with Crippen LogP contribution in [-0.2, 0) is 14.3 Å². The van der Waals surface area contributed by atoms with Crippen LogP contribution in [0.25, 0.3) is 0 Å². The lowest BCUT2D eigenvalue weighted by Gasteiger charge is -2.05. The molecule has 0 aliphatic heterocycles. The fourth-order valence-electron chi connectivity index (χ4n) is 6.92. The van der Waals surface area contributed by atoms with Gasteiger partial charge in [0.1, 0.15) is 0 Å². The smallest absolute Gasteiger partial charge is 0.305 e. The molecule has 4 heteroatoms. The first-order chi connectivity index (χ1) is 25.2. The van der Waals surface area contributed by atoms with Gasteiger partial charge in [0.05, 0.1) is 6.61 Å². The minimum atomic E-state index is -0.657. The lowest BCUT2D eigenvalue weighted by Crippen LogP contribution is -2.05. The molecule has 0 saturated carbocycles. The van der Waals surface area contributed by atoms with Crippen molar-refractivity contribution in [1.82, 2.24) is 0 Å². The number of hydrogen-bond donors (Lipinski definition) is 1. The Bertz CT molecular complexity index is 757. The number of ether oxygens (including phenoxy) is 1. The second-order valence-electron chi connectivity index (χ2n) is 15.5. The van der Waals surface area contributed by atoms with E-state index in [4.69, 9.17) is 9.84 Å². The van der Waals surface area contributed by atoms with E-state index in [1.165, 1.54) is 205 Å². The lowest BCUT2D eigenvalue weighted by molar-refractivity contribution is -0.144. The molecule has 1 N–H and O–H groups in total. The van der Waals surface area contributed by atoms with Crippen LogP contribution in [0.4, 0.5) is 0 Å². The first kappa shape index (κ1) is 49.4. The van der Waals surface area contributed by atoms with Crippen LogP contribution in [0, 0.1) is 0 Å². The number of carbonyl (C=O) groups is 2. The van der Waals surface area contributed by atoms with Crippen LogP contribution in [-0.4, -0.2) is 23.7 Å². The number of rotatable bonds is 43. The quantitative estimate of drug-likeness (QED) is 0.0388. The first-order valence-corrected chi connectivity index (χ1v) is 22.8. The summed E-state index contributed by atoms with van der Waals surface area (Å²) in [4.78, 5) is 22.5. The van der Waals surface area contributed by atoms with Crippen LogP contribution in [0.5, 0.6) is 0 Å². The van der Waals surface area contributed by atoms with E-state index in [0.29, 0.717) is 19.4 Å². The molecule has 0 heterocycles. The zero-order valence-electron chi connectivity index (χ0n) is 34.3. The Morgan fingerprint density at radius 1 is 0.373 bits per heavy atom. The molecule has 0 aromatic heterocycles. The first-order valence-electron chi connectivity index (χ1n) is 22.8. The van der Waals surface area contributed by atoms with Crippen molar-refractivity contribution in [2.24, 2.45) is 0 Å². The van der Waals surface area contributed by atoms with Gasteiger partial charge < -0.3 is 9.84 Å². The van der Waals surface area contributed by atoms with Crippen LogP contribution in [0.3, 0.4) is 0 Å². The maximum atomic E-state index is 12.0. The highest BCUT2D eigenvalue weighted by molar-refractivity contribution is 5.69. The van der Waals surface area contributed by atoms with E-state index in [-0.39, 0.29) is 5.97 Å². The normalized spacial score (nSPS) is 11.7. The van der Waals surface area contributed by atoms with E-state index in [9.17, 15) is 9.59 Å². The number of hydrogen-bond acceptors (Lipinski definition) is 3. The predicted octanol–water partition coefficient (Wildman–Crippen LogP) is 16.0. The number of carboxylic acid groups (broad SMARTS) is 1. The molecular formula is C47H88O4. The number of aliphatic carboxylic acids is 1. The van der Waals surface area contributed by atoms with Gasteiger partial charge in [0.25, 0.3) is 0 Å². The van der Waals surface area contributed by atoms with Crippen LogP contribution in [0.1, 0.15) is 257 Å². The standard InChI is InChI=1S/C47H88O4/c1-2-3-4-5-6-7-8-9-22-26-29-32-35-38-41-44-47(50)51-45-42-39-36-33-30-27-24-21-19-17-15-13-11-10-12-14-16-18-20-23-25-28-31-34-37-40-43-46(48)49/h9,21-22,24H,2-8,10-20,23,25-45H2,1H3,(H,48,49)/b22-9-,24-21?. The van der Waals surface area contributed by atoms with Gasteiger partial charge in [0, 0.05) is 12.8 Å². The summed E-state index contributed by atoms with van der Waals surface area (Å²) >= 11 is 0. The van der Waals surface area contributed by atoms with Gasteiger partial charge in [-0.3, -0.25) is 9.59 Å². The maximum Gasteiger partial charge on any atom is 0.305 e. The van der Waals surface area contributed by atoms with E-state index in [0.717, 1.165) is 32.1 Å². The van der Waals surface area contributed by atoms with Crippen molar-refractivity contribution >= 4 is 11.9 Å². The molecule has 0 rings (SSSR count). The topological polar surface area (TPSA) is 63.6 Å². The molecule has 4 nitrogen and oxygen atoms in total. The van der Waals surface area contributed by atoms with Gasteiger partial charge in [0.15, 0.2) is 0 Å². The minimum absolute atomic E-state index is 0.00255. The number of carbonyl (C=O) groups excluding carboxylic acids is 1. The zero-order valence-corrected chi connectivity index (χ0v) is 34.3. The van der Waals surface area contributed by atoms with Gasteiger partial charge in [-0.25, -0.2) is 0 Å². The summed E-state index contributed by atoms with van der Waals surface area (Å²) in [5.74, 6) is -0.654. The van der Waals surface area contributed by atoms with Gasteiger partial charge in [-0.05, 0) is 70.6 Å². The number of esters is 1. The fraction of sp³-hybridized carbons (Fsp3) is 0.872. The van der Waals surface area contributed by atoms with Gasteiger partial charge in [-0.1, -0.05) is 198 Å². The Morgan fingerprint density at radius 3 is 0.980 bits per heavy atom. The highest BCUT2D eigenvalue weighted by Gasteiger charge is 2.03. The molecule has 0 spiro atoms. The zero-order chi connectivity index (χ0) is 37.0. The summed E-state index contributed by atoms with van der Waals surface area (Å²) < 4.78 is 5.45. The van der Waals surface area contributed by atoms with E-state index in [2.05, 4.69) is 31.2 Å². The maximum absolute atomic E-state index is 12.0. The van der Waals surface area contributed by atoms with Crippen LogP contribution >= 0.6 is 0 Å². The Hall–Kier alpha value is -1.58.